The molecule has 5 nitrogen and oxygen atoms in total. The number of benzene rings is 1. The average molecular weight is 585 g/mol. The maximum Gasteiger partial charge on any atom is 1.00 e. The topological polar surface area (TPSA) is 42.0 Å². The molecule has 4 rings (SSSR count). The molecule has 3 aliphatic heterocycles. The van der Waals surface area contributed by atoms with Crippen LogP contribution in [-0.2, 0) is 4.79 Å². The molecule has 1 aromatic rings. The molecule has 41 heavy (non-hydrogen) atoms. The van der Waals surface area contributed by atoms with Crippen molar-refractivity contribution < 1.29 is 28.1 Å². The molecule has 0 aliphatic carbocycles. The van der Waals surface area contributed by atoms with Gasteiger partial charge in [-0.25, -0.2) is 0 Å². The Kier molecular flexibility index (Phi) is 12.6. The van der Waals surface area contributed by atoms with Gasteiger partial charge in [0.05, 0.1) is 12.1 Å². The lowest BCUT2D eigenvalue weighted by Crippen LogP contribution is -3.00. The first-order valence-electron chi connectivity index (χ1n) is 15.9. The van der Waals surface area contributed by atoms with E-state index in [2.05, 4.69) is 62.5 Å². The van der Waals surface area contributed by atoms with Crippen LogP contribution in [0.25, 0.3) is 5.57 Å². The molecule has 1 aromatic carbocycles. The number of nitrogens with zero attached hydrogens (tertiary/aromatic N) is 2. The highest BCUT2D eigenvalue weighted by Crippen LogP contribution is 2.49. The maximum absolute atomic E-state index is 13.2. The first kappa shape index (κ1) is 33.5. The average Bonchev–Trinajstić information content (AvgIpc) is 2.92. The third-order valence-corrected chi connectivity index (χ3v) is 9.39. The summed E-state index contributed by atoms with van der Waals surface area (Å²) in [6.07, 6.45) is 16.7. The normalized spacial score (nSPS) is 20.1. The Labute approximate surface area is 257 Å². The van der Waals surface area contributed by atoms with Gasteiger partial charge < -0.3 is 26.8 Å². The zero-order valence-corrected chi connectivity index (χ0v) is 27.0. The number of esters is 1. The van der Waals surface area contributed by atoms with Gasteiger partial charge in [0.25, 0.3) is 0 Å². The zero-order valence-electron chi connectivity index (χ0n) is 27.2. The van der Waals surface area contributed by atoms with Crippen LogP contribution in [0.15, 0.2) is 17.7 Å². The van der Waals surface area contributed by atoms with Crippen molar-refractivity contribution in [2.45, 2.75) is 110 Å². The number of halogens is 1. The number of rotatable bonds is 12. The van der Waals surface area contributed by atoms with Crippen molar-refractivity contribution in [1.29, 1.82) is 0 Å². The first-order chi connectivity index (χ1) is 19.2. The van der Waals surface area contributed by atoms with E-state index in [1.165, 1.54) is 61.7 Å². The third-order valence-electron chi connectivity index (χ3n) is 9.39. The van der Waals surface area contributed by atoms with E-state index >= 15 is 0 Å². The Hall–Kier alpha value is -2.00. The quantitative estimate of drug-likeness (QED) is 0.156. The third kappa shape index (κ3) is 8.53. The van der Waals surface area contributed by atoms with Crippen molar-refractivity contribution in [1.82, 2.24) is 9.80 Å². The largest absolute Gasteiger partial charge is 1.00 e. The van der Waals surface area contributed by atoms with Gasteiger partial charge in [-0.3, -0.25) is 9.69 Å². The Morgan fingerprint density at radius 2 is 1.88 bits per heavy atom. The van der Waals surface area contributed by atoms with E-state index in [-0.39, 0.29) is 19.8 Å². The van der Waals surface area contributed by atoms with Crippen LogP contribution >= 0.6 is 0 Å². The van der Waals surface area contributed by atoms with E-state index in [4.69, 9.17) is 15.9 Å². The number of carbonyl (C=O) groups is 1. The lowest BCUT2D eigenvalue weighted by molar-refractivity contribution is -0.134. The van der Waals surface area contributed by atoms with Crippen LogP contribution in [0.4, 0.5) is 0 Å². The van der Waals surface area contributed by atoms with Gasteiger partial charge in [0.1, 0.15) is 17.1 Å². The van der Waals surface area contributed by atoms with Crippen LogP contribution in [0.2, 0.25) is 0 Å². The number of piperidine rings is 1. The van der Waals surface area contributed by atoms with Crippen molar-refractivity contribution in [3.05, 3.63) is 28.8 Å². The predicted molar refractivity (Wildman–Crippen MR) is 166 cm³/mol. The summed E-state index contributed by atoms with van der Waals surface area (Å²) in [6.45, 7) is 16.8. The minimum absolute atomic E-state index is 0. The van der Waals surface area contributed by atoms with E-state index in [0.29, 0.717) is 30.6 Å². The second-order valence-corrected chi connectivity index (χ2v) is 12.9. The van der Waals surface area contributed by atoms with Gasteiger partial charge in [-0.05, 0) is 99.8 Å². The molecule has 0 bridgehead atoms. The fourth-order valence-electron chi connectivity index (χ4n) is 6.74. The number of hydrogen-bond acceptors (Lipinski definition) is 5. The molecule has 6 heteroatoms. The number of terminal acetylenes is 1. The zero-order chi connectivity index (χ0) is 28.7. The highest BCUT2D eigenvalue weighted by atomic mass is 35.5. The van der Waals surface area contributed by atoms with E-state index in [9.17, 15) is 4.79 Å². The van der Waals surface area contributed by atoms with Crippen LogP contribution in [0.1, 0.15) is 117 Å². The summed E-state index contributed by atoms with van der Waals surface area (Å²) in [5.41, 5.74) is 4.25. The lowest BCUT2D eigenvalue weighted by Gasteiger charge is -2.42. The van der Waals surface area contributed by atoms with Crippen LogP contribution in [0.5, 0.6) is 11.5 Å². The first-order valence-corrected chi connectivity index (χ1v) is 15.9. The predicted octanol–water partition coefficient (Wildman–Crippen LogP) is 4.56. The van der Waals surface area contributed by atoms with Crippen molar-refractivity contribution in [3.63, 3.8) is 0 Å². The van der Waals surface area contributed by atoms with Gasteiger partial charge >= 0.3 is 7.40 Å². The molecular weight excluding hydrogens is 532 g/mol. The molecule has 0 saturated carbocycles. The van der Waals surface area contributed by atoms with E-state index in [1.807, 2.05) is 0 Å². The molecule has 3 heterocycles. The Balaban J connectivity index is 0.00000308. The Bertz CT molecular complexity index is 1110. The van der Waals surface area contributed by atoms with Gasteiger partial charge in [-0.1, -0.05) is 58.8 Å². The molecule has 0 spiro atoms. The van der Waals surface area contributed by atoms with E-state index in [0.717, 1.165) is 56.9 Å². The van der Waals surface area contributed by atoms with Crippen LogP contribution in [-0.4, -0.2) is 60.6 Å². The van der Waals surface area contributed by atoms with Crippen LogP contribution < -0.4 is 21.9 Å². The molecule has 228 valence electrons. The minimum Gasteiger partial charge on any atom is -1.00 e. The highest BCUT2D eigenvalue weighted by molar-refractivity contribution is 5.85. The number of likely N-dealkylation sites (tertiary alicyclic amines) is 1. The summed E-state index contributed by atoms with van der Waals surface area (Å²) in [6, 6.07) is 4.35. The van der Waals surface area contributed by atoms with Crippen molar-refractivity contribution in [3.8, 4) is 23.8 Å². The summed E-state index contributed by atoms with van der Waals surface area (Å²) in [5, 5.41) is 0. The van der Waals surface area contributed by atoms with E-state index < -0.39 is 5.60 Å². The standard InChI is InChI=1S/C35H52N2O3.ClH/c1-7-9-11-15-26(3)27(4)28-23-31(39-33(38)16-14-21-36-19-12-10-13-20-36)34-29-25-37(18-8-2)22-17-30(29)35(5,6)40-32(34)24-28;/h2,23-24,26-27H,7,9-22,25H2,1,3-6H3;1H. The minimum atomic E-state index is -0.408. The van der Waals surface area contributed by atoms with Gasteiger partial charge in [-0.2, -0.15) is 0 Å². The summed E-state index contributed by atoms with van der Waals surface area (Å²) < 4.78 is 13.0. The van der Waals surface area contributed by atoms with Crippen molar-refractivity contribution in [2.24, 2.45) is 5.92 Å². The smallest absolute Gasteiger partial charge is 1.00 e. The molecule has 0 radical (unpaired) electrons. The molecule has 2 unspecified atom stereocenters. The summed E-state index contributed by atoms with van der Waals surface area (Å²) >= 11 is 0. The molecule has 0 N–H and O–H groups in total. The molecule has 1 fully saturated rings. The molecule has 2 atom stereocenters. The Morgan fingerprint density at radius 3 is 2.59 bits per heavy atom. The summed E-state index contributed by atoms with van der Waals surface area (Å²) in [5.74, 6) is 5.04. The number of carbonyl (C=O) groups excluding carboxylic acids is 1. The molecular formula is C35H53ClN2O3. The Morgan fingerprint density at radius 1 is 1.12 bits per heavy atom. The van der Waals surface area contributed by atoms with Gasteiger partial charge in [0.2, 0.25) is 0 Å². The van der Waals surface area contributed by atoms with Crippen LogP contribution in [0.3, 0.4) is 0 Å². The van der Waals surface area contributed by atoms with Crippen LogP contribution in [0, 0.1) is 18.3 Å². The van der Waals surface area contributed by atoms with Gasteiger partial charge in [-0.15, -0.1) is 6.42 Å². The lowest BCUT2D eigenvalue weighted by atomic mass is 9.79. The number of ether oxygens (including phenoxy) is 2. The van der Waals surface area contributed by atoms with E-state index in [1.54, 1.807) is 0 Å². The molecule has 0 amide bonds. The molecule has 1 saturated heterocycles. The summed E-state index contributed by atoms with van der Waals surface area (Å²) in [7, 11) is 0. The van der Waals surface area contributed by atoms with Gasteiger partial charge in [0.15, 0.2) is 0 Å². The number of unbranched alkanes of at least 4 members (excludes halogenated alkanes) is 2. The second kappa shape index (κ2) is 15.5. The number of hydrogen-bond donors (Lipinski definition) is 0. The molecule has 3 aliphatic rings. The second-order valence-electron chi connectivity index (χ2n) is 12.9. The number of fused-ring (bicyclic) bond motifs is 2. The fourth-order valence-corrected chi connectivity index (χ4v) is 6.74. The SMILES string of the molecule is C#CCN1CCC2=C(C1)c1c(OC(=O)CCCN3CCCCC3)cc(C(C)C(C)CCCCC)cc1OC2(C)C.[Cl-].[H+]. The monoisotopic (exact) mass is 584 g/mol. The summed E-state index contributed by atoms with van der Waals surface area (Å²) in [4.78, 5) is 18.0. The fraction of sp³-hybridized carbons (Fsp3) is 0.686. The molecule has 0 aromatic heterocycles. The van der Waals surface area contributed by atoms with Crippen molar-refractivity contribution >= 4 is 11.5 Å². The highest BCUT2D eigenvalue weighted by Gasteiger charge is 2.39. The van der Waals surface area contributed by atoms with Crippen molar-refractivity contribution in [2.75, 3.05) is 39.3 Å². The maximum atomic E-state index is 13.2. The van der Waals surface area contributed by atoms with Gasteiger partial charge in [0, 0.05) is 19.5 Å².